The van der Waals surface area contributed by atoms with E-state index in [-0.39, 0.29) is 0 Å². The smallest absolute Gasteiger partial charge is 0.115 e. The molecule has 0 aliphatic rings. The highest BCUT2D eigenvalue weighted by Gasteiger charge is 2.14. The summed E-state index contributed by atoms with van der Waals surface area (Å²) < 4.78 is 0. The maximum atomic E-state index is 9.89. The van der Waals surface area contributed by atoms with E-state index in [2.05, 4.69) is 47.6 Å². The lowest BCUT2D eigenvalue weighted by molar-refractivity contribution is 0.307. The molecule has 0 radical (unpaired) electrons. The van der Waals surface area contributed by atoms with Crippen LogP contribution in [0.15, 0.2) is 18.2 Å². The minimum Gasteiger partial charge on any atom is -0.508 e. The van der Waals surface area contributed by atoms with Crippen LogP contribution in [0, 0.1) is 10.8 Å². The zero-order chi connectivity index (χ0) is 20.3. The average molecular weight is 375 g/mol. The molecule has 0 atom stereocenters. The summed E-state index contributed by atoms with van der Waals surface area (Å²) >= 11 is 0. The van der Waals surface area contributed by atoms with Crippen LogP contribution < -0.4 is 0 Å². The summed E-state index contributed by atoms with van der Waals surface area (Å²) in [5.41, 5.74) is 3.79. The van der Waals surface area contributed by atoms with Gasteiger partial charge in [0, 0.05) is 0 Å². The number of rotatable bonds is 13. The Hall–Kier alpha value is -0.980. The number of aryl methyl sites for hydroxylation is 2. The first-order valence-electron chi connectivity index (χ1n) is 11.4. The predicted octanol–water partition coefficient (Wildman–Crippen LogP) is 8.47. The fraction of sp³-hybridized carbons (Fsp3) is 0.769. The minimum absolute atomic E-state index is 0.422. The van der Waals surface area contributed by atoms with Gasteiger partial charge in [0.25, 0.3) is 0 Å². The maximum Gasteiger partial charge on any atom is 0.115 e. The number of benzene rings is 1. The Kier molecular flexibility index (Phi) is 10.5. The Labute approximate surface area is 170 Å². The highest BCUT2D eigenvalue weighted by molar-refractivity contribution is 5.35. The zero-order valence-corrected chi connectivity index (χ0v) is 19.2. The van der Waals surface area contributed by atoms with Gasteiger partial charge in [-0.25, -0.2) is 0 Å². The van der Waals surface area contributed by atoms with Gasteiger partial charge in [-0.3, -0.25) is 0 Å². The number of hydrogen-bond donors (Lipinski definition) is 1. The molecule has 0 heterocycles. The Morgan fingerprint density at radius 2 is 1.26 bits per heavy atom. The molecule has 0 spiro atoms. The summed E-state index contributed by atoms with van der Waals surface area (Å²) in [6.07, 6.45) is 15.3. The predicted molar refractivity (Wildman–Crippen MR) is 121 cm³/mol. The lowest BCUT2D eigenvalue weighted by Gasteiger charge is -2.22. The van der Waals surface area contributed by atoms with E-state index in [1.165, 1.54) is 75.3 Å². The van der Waals surface area contributed by atoms with Crippen LogP contribution in [0.3, 0.4) is 0 Å². The summed E-state index contributed by atoms with van der Waals surface area (Å²) in [5.74, 6) is 0.422. The molecular formula is C26H46O. The molecule has 1 nitrogen and oxygen atoms in total. The highest BCUT2D eigenvalue weighted by atomic mass is 16.3. The van der Waals surface area contributed by atoms with E-state index in [1.807, 2.05) is 12.1 Å². The van der Waals surface area contributed by atoms with E-state index in [0.29, 0.717) is 16.6 Å². The SMILES string of the molecule is CCC(C)(C)CCCCCCc1ccc(O)cc1CCCCCC(C)(C)C. The van der Waals surface area contributed by atoms with E-state index in [4.69, 9.17) is 0 Å². The van der Waals surface area contributed by atoms with Gasteiger partial charge < -0.3 is 5.11 Å². The normalized spacial score (nSPS) is 12.5. The number of unbranched alkanes of at least 4 members (excludes halogenated alkanes) is 5. The average Bonchev–Trinajstić information content (AvgIpc) is 2.58. The van der Waals surface area contributed by atoms with Crippen LogP contribution in [-0.4, -0.2) is 5.11 Å². The molecule has 1 aromatic rings. The van der Waals surface area contributed by atoms with Crippen molar-refractivity contribution < 1.29 is 5.11 Å². The molecule has 1 N–H and O–H groups in total. The van der Waals surface area contributed by atoms with E-state index < -0.39 is 0 Å². The molecule has 1 rings (SSSR count). The maximum absolute atomic E-state index is 9.89. The van der Waals surface area contributed by atoms with Crippen LogP contribution >= 0.6 is 0 Å². The zero-order valence-electron chi connectivity index (χ0n) is 19.2. The first kappa shape index (κ1) is 24.1. The topological polar surface area (TPSA) is 20.2 Å². The van der Waals surface area contributed by atoms with E-state index in [1.54, 1.807) is 0 Å². The van der Waals surface area contributed by atoms with Crippen LogP contribution in [0.1, 0.15) is 117 Å². The van der Waals surface area contributed by atoms with Gasteiger partial charge in [0.15, 0.2) is 0 Å². The molecule has 0 unspecified atom stereocenters. The summed E-state index contributed by atoms with van der Waals surface area (Å²) in [6.45, 7) is 14.0. The molecule has 0 aliphatic carbocycles. The molecule has 0 aromatic heterocycles. The molecule has 0 saturated heterocycles. The molecular weight excluding hydrogens is 328 g/mol. The Morgan fingerprint density at radius 3 is 1.89 bits per heavy atom. The van der Waals surface area contributed by atoms with Crippen molar-refractivity contribution in [1.29, 1.82) is 0 Å². The van der Waals surface area contributed by atoms with Gasteiger partial charge in [-0.05, 0) is 72.6 Å². The summed E-state index contributed by atoms with van der Waals surface area (Å²) in [4.78, 5) is 0. The van der Waals surface area contributed by atoms with Crippen LogP contribution in [0.4, 0.5) is 0 Å². The first-order chi connectivity index (χ1) is 12.6. The van der Waals surface area contributed by atoms with Crippen molar-refractivity contribution in [3.8, 4) is 5.75 Å². The van der Waals surface area contributed by atoms with E-state index >= 15 is 0 Å². The van der Waals surface area contributed by atoms with Gasteiger partial charge in [0.05, 0.1) is 0 Å². The second-order valence-corrected chi connectivity index (χ2v) is 10.5. The second-order valence-electron chi connectivity index (χ2n) is 10.5. The number of phenols is 1. The van der Waals surface area contributed by atoms with Gasteiger partial charge in [-0.2, -0.15) is 0 Å². The molecule has 1 heteroatoms. The lowest BCUT2D eigenvalue weighted by atomic mass is 9.84. The van der Waals surface area contributed by atoms with Gasteiger partial charge in [0.2, 0.25) is 0 Å². The van der Waals surface area contributed by atoms with Crippen molar-refractivity contribution in [3.05, 3.63) is 29.3 Å². The third kappa shape index (κ3) is 11.5. The van der Waals surface area contributed by atoms with Crippen molar-refractivity contribution >= 4 is 0 Å². The minimum atomic E-state index is 0.422. The summed E-state index contributed by atoms with van der Waals surface area (Å²) in [5, 5.41) is 9.89. The molecule has 0 fully saturated rings. The number of hydrogen-bond acceptors (Lipinski definition) is 1. The fourth-order valence-corrected chi connectivity index (χ4v) is 3.69. The van der Waals surface area contributed by atoms with E-state index in [9.17, 15) is 5.11 Å². The Balaban J connectivity index is 2.34. The van der Waals surface area contributed by atoms with Crippen molar-refractivity contribution in [2.45, 2.75) is 119 Å². The van der Waals surface area contributed by atoms with Crippen molar-refractivity contribution in [1.82, 2.24) is 0 Å². The third-order valence-corrected chi connectivity index (χ3v) is 6.07. The van der Waals surface area contributed by atoms with Crippen LogP contribution in [-0.2, 0) is 12.8 Å². The standard InChI is InChI=1S/C26H46O/c1-7-26(5,6)20-14-9-8-11-15-22-17-18-24(27)21-23(22)16-12-10-13-19-25(2,3)4/h17-18,21,27H,7-16,19-20H2,1-6H3. The quantitative estimate of drug-likeness (QED) is 0.343. The fourth-order valence-electron chi connectivity index (χ4n) is 3.69. The van der Waals surface area contributed by atoms with Crippen molar-refractivity contribution in [2.75, 3.05) is 0 Å². The highest BCUT2D eigenvalue weighted by Crippen LogP contribution is 2.28. The molecule has 0 amide bonds. The summed E-state index contributed by atoms with van der Waals surface area (Å²) in [7, 11) is 0. The van der Waals surface area contributed by atoms with Crippen LogP contribution in [0.5, 0.6) is 5.75 Å². The van der Waals surface area contributed by atoms with Crippen LogP contribution in [0.2, 0.25) is 0 Å². The van der Waals surface area contributed by atoms with Crippen molar-refractivity contribution in [2.24, 2.45) is 10.8 Å². The van der Waals surface area contributed by atoms with E-state index in [0.717, 1.165) is 12.8 Å². The van der Waals surface area contributed by atoms with Crippen molar-refractivity contribution in [3.63, 3.8) is 0 Å². The number of aromatic hydroxyl groups is 1. The third-order valence-electron chi connectivity index (χ3n) is 6.07. The summed E-state index contributed by atoms with van der Waals surface area (Å²) in [6, 6.07) is 6.02. The number of phenolic OH excluding ortho intramolecular Hbond substituents is 1. The largest absolute Gasteiger partial charge is 0.508 e. The monoisotopic (exact) mass is 374 g/mol. The van der Waals surface area contributed by atoms with Gasteiger partial charge in [0.1, 0.15) is 5.75 Å². The Morgan fingerprint density at radius 1 is 0.704 bits per heavy atom. The first-order valence-corrected chi connectivity index (χ1v) is 11.4. The second kappa shape index (κ2) is 11.8. The van der Waals surface area contributed by atoms with Gasteiger partial charge in [-0.15, -0.1) is 0 Å². The molecule has 1 aromatic carbocycles. The Bertz CT molecular complexity index is 522. The van der Waals surface area contributed by atoms with Gasteiger partial charge in [-0.1, -0.05) is 86.1 Å². The molecule has 0 aliphatic heterocycles. The molecule has 0 bridgehead atoms. The molecule has 27 heavy (non-hydrogen) atoms. The molecule has 0 saturated carbocycles. The van der Waals surface area contributed by atoms with Gasteiger partial charge >= 0.3 is 0 Å². The van der Waals surface area contributed by atoms with Crippen LogP contribution in [0.25, 0.3) is 0 Å². The lowest BCUT2D eigenvalue weighted by Crippen LogP contribution is -2.08. The molecule has 156 valence electrons.